The number of hydrogen-bond acceptors (Lipinski definition) is 2. The van der Waals surface area contributed by atoms with E-state index >= 15 is 0 Å². The Morgan fingerprint density at radius 2 is 1.90 bits per heavy atom. The minimum Gasteiger partial charge on any atom is -0.362 e. The molecule has 2 aromatic rings. The lowest BCUT2D eigenvalue weighted by atomic mass is 10.2. The lowest BCUT2D eigenvalue weighted by Crippen LogP contribution is -2.30. The Labute approximate surface area is 140 Å². The van der Waals surface area contributed by atoms with Crippen molar-refractivity contribution in [3.05, 3.63) is 65.2 Å². The fourth-order valence-electron chi connectivity index (χ4n) is 1.74. The van der Waals surface area contributed by atoms with E-state index in [1.54, 1.807) is 0 Å². The molecule has 2 nitrogen and oxygen atoms in total. The van der Waals surface area contributed by atoms with Gasteiger partial charge in [0.15, 0.2) is 5.11 Å². The summed E-state index contributed by atoms with van der Waals surface area (Å²) in [4.78, 5) is 0. The second kappa shape index (κ2) is 8.93. The van der Waals surface area contributed by atoms with Gasteiger partial charge >= 0.3 is 0 Å². The van der Waals surface area contributed by atoms with Crippen molar-refractivity contribution < 1.29 is 0 Å². The van der Waals surface area contributed by atoms with Gasteiger partial charge in [0.05, 0.1) is 0 Å². The van der Waals surface area contributed by atoms with Crippen LogP contribution in [0.1, 0.15) is 5.56 Å². The van der Waals surface area contributed by atoms with Crippen LogP contribution in [0.2, 0.25) is 5.02 Å². The molecule has 21 heavy (non-hydrogen) atoms. The van der Waals surface area contributed by atoms with Crippen molar-refractivity contribution in [3.63, 3.8) is 0 Å². The first-order chi connectivity index (χ1) is 10.2. The Kier molecular flexibility index (Phi) is 6.86. The smallest absolute Gasteiger partial charge is 0.170 e. The summed E-state index contributed by atoms with van der Waals surface area (Å²) in [7, 11) is 0. The lowest BCUT2D eigenvalue weighted by Gasteiger charge is -2.10. The maximum atomic E-state index is 5.93. The Bertz CT molecular complexity index is 575. The van der Waals surface area contributed by atoms with Crippen LogP contribution in [0, 0.1) is 0 Å². The Balaban J connectivity index is 1.61. The van der Waals surface area contributed by atoms with Crippen molar-refractivity contribution in [1.82, 2.24) is 5.32 Å². The summed E-state index contributed by atoms with van der Waals surface area (Å²) in [6.45, 7) is 0.837. The summed E-state index contributed by atoms with van der Waals surface area (Å²) >= 11 is 13.1. The minimum atomic E-state index is 0.623. The maximum Gasteiger partial charge on any atom is 0.170 e. The SMILES string of the molecule is S=C(NCCSCc1ccccc1)Nc1cccc(Cl)c1. The molecule has 0 aliphatic carbocycles. The number of halogens is 1. The predicted octanol–water partition coefficient (Wildman–Crippen LogP) is 4.56. The van der Waals surface area contributed by atoms with Gasteiger partial charge in [-0.25, -0.2) is 0 Å². The van der Waals surface area contributed by atoms with E-state index in [1.165, 1.54) is 5.56 Å². The maximum absolute atomic E-state index is 5.93. The molecule has 0 aliphatic rings. The number of anilines is 1. The van der Waals surface area contributed by atoms with E-state index in [2.05, 4.69) is 34.9 Å². The topological polar surface area (TPSA) is 24.1 Å². The molecule has 0 amide bonds. The summed E-state index contributed by atoms with van der Waals surface area (Å²) < 4.78 is 0. The van der Waals surface area contributed by atoms with Crippen molar-refractivity contribution in [1.29, 1.82) is 0 Å². The van der Waals surface area contributed by atoms with Gasteiger partial charge in [0.2, 0.25) is 0 Å². The molecule has 2 rings (SSSR count). The van der Waals surface area contributed by atoms with E-state index in [-0.39, 0.29) is 0 Å². The molecule has 0 saturated heterocycles. The minimum absolute atomic E-state index is 0.623. The number of nitrogens with one attached hydrogen (secondary N) is 2. The van der Waals surface area contributed by atoms with E-state index in [0.29, 0.717) is 10.1 Å². The van der Waals surface area contributed by atoms with Crippen molar-refractivity contribution >= 4 is 46.4 Å². The molecular formula is C16H17ClN2S2. The van der Waals surface area contributed by atoms with Gasteiger partial charge in [-0.2, -0.15) is 11.8 Å². The molecule has 0 spiro atoms. The molecule has 0 fully saturated rings. The molecule has 0 atom stereocenters. The predicted molar refractivity (Wildman–Crippen MR) is 98.3 cm³/mol. The molecule has 110 valence electrons. The van der Waals surface area contributed by atoms with Gasteiger partial charge in [-0.3, -0.25) is 0 Å². The second-order valence-corrected chi connectivity index (χ2v) is 6.38. The van der Waals surface area contributed by atoms with Crippen molar-refractivity contribution in [2.45, 2.75) is 5.75 Å². The first-order valence-electron chi connectivity index (χ1n) is 6.66. The van der Waals surface area contributed by atoms with Gasteiger partial charge in [-0.1, -0.05) is 48.0 Å². The van der Waals surface area contributed by atoms with E-state index in [4.69, 9.17) is 23.8 Å². The zero-order valence-electron chi connectivity index (χ0n) is 11.5. The summed E-state index contributed by atoms with van der Waals surface area (Å²) in [5, 5.41) is 7.63. The molecule has 2 N–H and O–H groups in total. The van der Waals surface area contributed by atoms with Gasteiger partial charge in [0, 0.05) is 28.8 Å². The van der Waals surface area contributed by atoms with Crippen LogP contribution in [0.3, 0.4) is 0 Å². The van der Waals surface area contributed by atoms with Crippen LogP contribution in [-0.4, -0.2) is 17.4 Å². The number of benzene rings is 2. The van der Waals surface area contributed by atoms with Crippen LogP contribution >= 0.6 is 35.6 Å². The van der Waals surface area contributed by atoms with Crippen LogP contribution < -0.4 is 10.6 Å². The highest BCUT2D eigenvalue weighted by atomic mass is 35.5. The monoisotopic (exact) mass is 336 g/mol. The molecule has 5 heteroatoms. The molecule has 0 saturated carbocycles. The first-order valence-corrected chi connectivity index (χ1v) is 8.60. The fraction of sp³-hybridized carbons (Fsp3) is 0.188. The molecule has 0 aliphatic heterocycles. The van der Waals surface area contributed by atoms with Gasteiger partial charge in [0.25, 0.3) is 0 Å². The third-order valence-electron chi connectivity index (χ3n) is 2.73. The van der Waals surface area contributed by atoms with E-state index in [1.807, 2.05) is 42.1 Å². The number of hydrogen-bond donors (Lipinski definition) is 2. The van der Waals surface area contributed by atoms with Crippen molar-refractivity contribution in [3.8, 4) is 0 Å². The van der Waals surface area contributed by atoms with Crippen molar-refractivity contribution in [2.75, 3.05) is 17.6 Å². The molecule has 2 aromatic carbocycles. The molecule has 0 aromatic heterocycles. The van der Waals surface area contributed by atoms with Crippen LogP contribution in [0.4, 0.5) is 5.69 Å². The third-order valence-corrected chi connectivity index (χ3v) is 4.24. The van der Waals surface area contributed by atoms with Gasteiger partial charge in [-0.05, 0) is 36.0 Å². The molecule has 0 heterocycles. The summed E-state index contributed by atoms with van der Waals surface area (Å²) in [5.41, 5.74) is 2.25. The third kappa shape index (κ3) is 6.38. The Hall–Kier alpha value is -1.23. The van der Waals surface area contributed by atoms with Crippen LogP contribution in [-0.2, 0) is 5.75 Å². The van der Waals surface area contributed by atoms with Crippen LogP contribution in [0.15, 0.2) is 54.6 Å². The zero-order chi connectivity index (χ0) is 14.9. The molecule has 0 radical (unpaired) electrons. The lowest BCUT2D eigenvalue weighted by molar-refractivity contribution is 0.990. The average molecular weight is 337 g/mol. The highest BCUT2D eigenvalue weighted by Crippen LogP contribution is 2.14. The second-order valence-electron chi connectivity index (χ2n) is 4.43. The van der Waals surface area contributed by atoms with Gasteiger partial charge in [-0.15, -0.1) is 0 Å². The largest absolute Gasteiger partial charge is 0.362 e. The first kappa shape index (κ1) is 16.1. The van der Waals surface area contributed by atoms with Crippen LogP contribution in [0.5, 0.6) is 0 Å². The zero-order valence-corrected chi connectivity index (χ0v) is 13.9. The van der Waals surface area contributed by atoms with E-state index in [0.717, 1.165) is 23.7 Å². The Morgan fingerprint density at radius 1 is 1.10 bits per heavy atom. The quantitative estimate of drug-likeness (QED) is 0.596. The van der Waals surface area contributed by atoms with Gasteiger partial charge < -0.3 is 10.6 Å². The number of thiocarbonyl (C=S) groups is 1. The number of rotatable bonds is 6. The highest BCUT2D eigenvalue weighted by Gasteiger charge is 1.98. The Morgan fingerprint density at radius 3 is 2.67 bits per heavy atom. The summed E-state index contributed by atoms with van der Waals surface area (Å²) in [6.07, 6.45) is 0. The van der Waals surface area contributed by atoms with Crippen molar-refractivity contribution in [2.24, 2.45) is 0 Å². The molecular weight excluding hydrogens is 320 g/mol. The standard InChI is InChI=1S/C16H17ClN2S2/c17-14-7-4-8-15(11-14)19-16(20)18-9-10-21-12-13-5-2-1-3-6-13/h1-8,11H,9-10,12H2,(H2,18,19,20). The molecule has 0 unspecified atom stereocenters. The van der Waals surface area contributed by atoms with E-state index in [9.17, 15) is 0 Å². The molecule has 0 bridgehead atoms. The fourth-order valence-corrected chi connectivity index (χ4v) is 2.97. The summed E-state index contributed by atoms with van der Waals surface area (Å²) in [5.74, 6) is 2.03. The van der Waals surface area contributed by atoms with Gasteiger partial charge in [0.1, 0.15) is 0 Å². The summed E-state index contributed by atoms with van der Waals surface area (Å²) in [6, 6.07) is 18.0. The normalized spacial score (nSPS) is 10.1. The average Bonchev–Trinajstić information content (AvgIpc) is 2.48. The van der Waals surface area contributed by atoms with Crippen LogP contribution in [0.25, 0.3) is 0 Å². The number of thioether (sulfide) groups is 1. The van der Waals surface area contributed by atoms with E-state index < -0.39 is 0 Å². The highest BCUT2D eigenvalue weighted by molar-refractivity contribution is 7.98.